The largest absolute Gasteiger partial charge is 0.497 e. The first kappa shape index (κ1) is 10.5. The molecule has 2 heteroatoms. The summed E-state index contributed by atoms with van der Waals surface area (Å²) in [5, 5.41) is 3.47. The van der Waals surface area contributed by atoms with Crippen LogP contribution in [0.2, 0.25) is 0 Å². The minimum absolute atomic E-state index is 0.941. The third-order valence-electron chi connectivity index (χ3n) is 2.89. The van der Waals surface area contributed by atoms with E-state index in [0.717, 1.165) is 24.8 Å². The Balaban J connectivity index is 1.71. The van der Waals surface area contributed by atoms with Gasteiger partial charge in [-0.3, -0.25) is 0 Å². The van der Waals surface area contributed by atoms with Gasteiger partial charge in [0.15, 0.2) is 0 Å². The van der Waals surface area contributed by atoms with Gasteiger partial charge in [0.2, 0.25) is 0 Å². The summed E-state index contributed by atoms with van der Waals surface area (Å²) in [4.78, 5) is 0. The molecule has 0 aromatic heterocycles. The predicted molar refractivity (Wildman–Crippen MR) is 62.0 cm³/mol. The van der Waals surface area contributed by atoms with Gasteiger partial charge >= 0.3 is 0 Å². The van der Waals surface area contributed by atoms with Crippen LogP contribution in [0.3, 0.4) is 0 Å². The SMILES string of the molecule is COc1cccc(CNCCC2CC2)c1. The van der Waals surface area contributed by atoms with Gasteiger partial charge in [-0.1, -0.05) is 25.0 Å². The van der Waals surface area contributed by atoms with Gasteiger partial charge in [-0.05, 0) is 36.6 Å². The fraction of sp³-hybridized carbons (Fsp3) is 0.538. The third kappa shape index (κ3) is 3.56. The molecule has 1 aromatic carbocycles. The van der Waals surface area contributed by atoms with Crippen molar-refractivity contribution in [2.24, 2.45) is 5.92 Å². The standard InChI is InChI=1S/C13H19NO/c1-15-13-4-2-3-12(9-13)10-14-8-7-11-5-6-11/h2-4,9,11,14H,5-8,10H2,1H3. The normalized spacial score (nSPS) is 15.3. The number of methoxy groups -OCH3 is 1. The second-order valence-electron chi connectivity index (χ2n) is 4.26. The molecular weight excluding hydrogens is 186 g/mol. The molecule has 1 fully saturated rings. The number of ether oxygens (including phenoxy) is 1. The molecule has 1 aromatic rings. The van der Waals surface area contributed by atoms with E-state index in [2.05, 4.69) is 17.4 Å². The lowest BCUT2D eigenvalue weighted by Gasteiger charge is -2.06. The van der Waals surface area contributed by atoms with Gasteiger partial charge in [0.25, 0.3) is 0 Å². The van der Waals surface area contributed by atoms with E-state index in [4.69, 9.17) is 4.74 Å². The lowest BCUT2D eigenvalue weighted by atomic mass is 10.2. The first-order chi connectivity index (χ1) is 7.38. The van der Waals surface area contributed by atoms with Crippen LogP contribution in [0.25, 0.3) is 0 Å². The molecule has 0 unspecified atom stereocenters. The molecule has 1 aliphatic rings. The Kier molecular flexibility index (Phi) is 3.62. The van der Waals surface area contributed by atoms with Crippen molar-refractivity contribution in [3.8, 4) is 5.75 Å². The summed E-state index contributed by atoms with van der Waals surface area (Å²) in [7, 11) is 1.71. The second-order valence-corrected chi connectivity index (χ2v) is 4.26. The average molecular weight is 205 g/mol. The molecule has 0 aliphatic heterocycles. The molecule has 0 saturated heterocycles. The maximum atomic E-state index is 5.18. The van der Waals surface area contributed by atoms with Crippen LogP contribution in [0.15, 0.2) is 24.3 Å². The van der Waals surface area contributed by atoms with Crippen molar-refractivity contribution in [2.75, 3.05) is 13.7 Å². The first-order valence-electron chi connectivity index (χ1n) is 5.72. The van der Waals surface area contributed by atoms with Gasteiger partial charge in [-0.2, -0.15) is 0 Å². The van der Waals surface area contributed by atoms with Crippen LogP contribution in [0.1, 0.15) is 24.8 Å². The van der Waals surface area contributed by atoms with Crippen LogP contribution in [-0.4, -0.2) is 13.7 Å². The maximum absolute atomic E-state index is 5.18. The molecule has 15 heavy (non-hydrogen) atoms. The predicted octanol–water partition coefficient (Wildman–Crippen LogP) is 2.58. The lowest BCUT2D eigenvalue weighted by molar-refractivity contribution is 0.414. The quantitative estimate of drug-likeness (QED) is 0.721. The minimum atomic E-state index is 0.941. The van der Waals surface area contributed by atoms with Crippen LogP contribution in [0.4, 0.5) is 0 Å². The number of rotatable bonds is 6. The smallest absolute Gasteiger partial charge is 0.119 e. The Hall–Kier alpha value is -1.02. The molecule has 2 nitrogen and oxygen atoms in total. The van der Waals surface area contributed by atoms with Crippen molar-refractivity contribution in [3.63, 3.8) is 0 Å². The highest BCUT2D eigenvalue weighted by atomic mass is 16.5. The highest BCUT2D eigenvalue weighted by Gasteiger charge is 2.19. The van der Waals surface area contributed by atoms with Crippen molar-refractivity contribution in [1.82, 2.24) is 5.32 Å². The molecular formula is C13H19NO. The summed E-state index contributed by atoms with van der Waals surface area (Å²) in [6, 6.07) is 8.24. The van der Waals surface area contributed by atoms with E-state index in [1.807, 2.05) is 12.1 Å². The summed E-state index contributed by atoms with van der Waals surface area (Å²) in [6.07, 6.45) is 4.23. The van der Waals surface area contributed by atoms with Crippen molar-refractivity contribution in [2.45, 2.75) is 25.8 Å². The molecule has 0 atom stereocenters. The minimum Gasteiger partial charge on any atom is -0.497 e. The fourth-order valence-electron chi connectivity index (χ4n) is 1.73. The lowest BCUT2D eigenvalue weighted by Crippen LogP contribution is -2.15. The zero-order valence-corrected chi connectivity index (χ0v) is 9.33. The fourth-order valence-corrected chi connectivity index (χ4v) is 1.73. The van der Waals surface area contributed by atoms with Crippen LogP contribution in [-0.2, 0) is 6.54 Å². The summed E-state index contributed by atoms with van der Waals surface area (Å²) in [6.45, 7) is 2.09. The van der Waals surface area contributed by atoms with E-state index in [9.17, 15) is 0 Å². The number of hydrogen-bond acceptors (Lipinski definition) is 2. The van der Waals surface area contributed by atoms with E-state index < -0.39 is 0 Å². The first-order valence-corrected chi connectivity index (χ1v) is 5.72. The number of benzene rings is 1. The number of nitrogens with one attached hydrogen (secondary N) is 1. The Bertz CT molecular complexity index is 307. The van der Waals surface area contributed by atoms with Crippen LogP contribution in [0.5, 0.6) is 5.75 Å². The van der Waals surface area contributed by atoms with Gasteiger partial charge < -0.3 is 10.1 Å². The topological polar surface area (TPSA) is 21.3 Å². The van der Waals surface area contributed by atoms with Crippen molar-refractivity contribution in [1.29, 1.82) is 0 Å². The molecule has 82 valence electrons. The van der Waals surface area contributed by atoms with E-state index in [1.165, 1.54) is 24.8 Å². The summed E-state index contributed by atoms with van der Waals surface area (Å²) >= 11 is 0. The van der Waals surface area contributed by atoms with Crippen molar-refractivity contribution >= 4 is 0 Å². The van der Waals surface area contributed by atoms with Gasteiger partial charge in [0.05, 0.1) is 7.11 Å². The molecule has 0 radical (unpaired) electrons. The highest BCUT2D eigenvalue weighted by molar-refractivity contribution is 5.28. The molecule has 1 aliphatic carbocycles. The van der Waals surface area contributed by atoms with Gasteiger partial charge in [-0.15, -0.1) is 0 Å². The van der Waals surface area contributed by atoms with E-state index >= 15 is 0 Å². The molecule has 0 spiro atoms. The van der Waals surface area contributed by atoms with Crippen LogP contribution >= 0.6 is 0 Å². The average Bonchev–Trinajstić information content (AvgIpc) is 3.09. The molecule has 2 rings (SSSR count). The van der Waals surface area contributed by atoms with Gasteiger partial charge in [0.1, 0.15) is 5.75 Å². The monoisotopic (exact) mass is 205 g/mol. The summed E-state index contributed by atoms with van der Waals surface area (Å²) in [5.74, 6) is 1.96. The molecule has 1 N–H and O–H groups in total. The van der Waals surface area contributed by atoms with Gasteiger partial charge in [-0.25, -0.2) is 0 Å². The highest BCUT2D eigenvalue weighted by Crippen LogP contribution is 2.31. The van der Waals surface area contributed by atoms with E-state index in [-0.39, 0.29) is 0 Å². The molecule has 0 heterocycles. The molecule has 0 bridgehead atoms. The summed E-state index contributed by atoms with van der Waals surface area (Å²) < 4.78 is 5.18. The van der Waals surface area contributed by atoms with E-state index in [1.54, 1.807) is 7.11 Å². The maximum Gasteiger partial charge on any atom is 0.119 e. The Morgan fingerprint density at radius 2 is 2.27 bits per heavy atom. The van der Waals surface area contributed by atoms with Crippen LogP contribution < -0.4 is 10.1 Å². The Morgan fingerprint density at radius 3 is 3.00 bits per heavy atom. The Morgan fingerprint density at radius 1 is 1.40 bits per heavy atom. The number of hydrogen-bond donors (Lipinski definition) is 1. The van der Waals surface area contributed by atoms with Gasteiger partial charge in [0, 0.05) is 6.54 Å². The molecule has 1 saturated carbocycles. The third-order valence-corrected chi connectivity index (χ3v) is 2.89. The van der Waals surface area contributed by atoms with Crippen molar-refractivity contribution in [3.05, 3.63) is 29.8 Å². The molecule has 0 amide bonds. The van der Waals surface area contributed by atoms with Crippen LogP contribution in [0, 0.1) is 5.92 Å². The second kappa shape index (κ2) is 5.17. The van der Waals surface area contributed by atoms with E-state index in [0.29, 0.717) is 0 Å². The zero-order valence-electron chi connectivity index (χ0n) is 9.33. The Labute approximate surface area is 91.6 Å². The summed E-state index contributed by atoms with van der Waals surface area (Å²) in [5.41, 5.74) is 1.30. The zero-order chi connectivity index (χ0) is 10.5. The van der Waals surface area contributed by atoms with Crippen molar-refractivity contribution < 1.29 is 4.74 Å².